The maximum absolute atomic E-state index is 13.0. The van der Waals surface area contributed by atoms with Crippen LogP contribution in [0.5, 0.6) is 0 Å². The average molecular weight is 216 g/mol. The van der Waals surface area contributed by atoms with Crippen molar-refractivity contribution in [2.75, 3.05) is 13.4 Å². The highest BCUT2D eigenvalue weighted by molar-refractivity contribution is 5.89. The van der Waals surface area contributed by atoms with E-state index in [1.165, 1.54) is 0 Å². The fourth-order valence-electron chi connectivity index (χ4n) is 0.911. The largest absolute Gasteiger partial charge is 0.435 e. The first-order chi connectivity index (χ1) is 7.15. The van der Waals surface area contributed by atoms with Gasteiger partial charge >= 0.3 is 5.97 Å². The molecule has 0 aromatic heterocycles. The third-order valence-corrected chi connectivity index (χ3v) is 1.63. The molecular formula is C10H10F2O3. The summed E-state index contributed by atoms with van der Waals surface area (Å²) in [7, 11) is 0. The monoisotopic (exact) mass is 216 g/mol. The topological polar surface area (TPSA) is 35.5 Å². The predicted molar refractivity (Wildman–Crippen MR) is 48.3 cm³/mol. The molecule has 0 amide bonds. The molecular weight excluding hydrogens is 206 g/mol. The summed E-state index contributed by atoms with van der Waals surface area (Å²) >= 11 is 0. The summed E-state index contributed by atoms with van der Waals surface area (Å²) in [4.78, 5) is 11.2. The standard InChI is InChI=1S/C10H10F2O3/c1-2-14-6-15-10(13)8-4-3-7(11)5-9(8)12/h3-5H,2,6H2,1H3. The van der Waals surface area contributed by atoms with Crippen molar-refractivity contribution in [3.63, 3.8) is 0 Å². The minimum atomic E-state index is -0.948. The fourth-order valence-corrected chi connectivity index (χ4v) is 0.911. The number of hydrogen-bond donors (Lipinski definition) is 0. The molecule has 82 valence electrons. The minimum absolute atomic E-state index is 0.244. The summed E-state index contributed by atoms with van der Waals surface area (Å²) in [5.41, 5.74) is -0.309. The first-order valence-electron chi connectivity index (χ1n) is 4.35. The van der Waals surface area contributed by atoms with E-state index in [-0.39, 0.29) is 12.4 Å². The van der Waals surface area contributed by atoms with Crippen molar-refractivity contribution in [1.29, 1.82) is 0 Å². The van der Waals surface area contributed by atoms with Crippen molar-refractivity contribution < 1.29 is 23.0 Å². The molecule has 1 rings (SSSR count). The lowest BCUT2D eigenvalue weighted by molar-refractivity contribution is -0.0277. The highest BCUT2D eigenvalue weighted by Gasteiger charge is 2.13. The molecule has 0 N–H and O–H groups in total. The Labute approximate surface area is 85.6 Å². The van der Waals surface area contributed by atoms with E-state index < -0.39 is 17.6 Å². The van der Waals surface area contributed by atoms with Crippen LogP contribution >= 0.6 is 0 Å². The first-order valence-corrected chi connectivity index (χ1v) is 4.35. The molecule has 0 aliphatic heterocycles. The SMILES string of the molecule is CCOCOC(=O)c1ccc(F)cc1F. The van der Waals surface area contributed by atoms with Crippen LogP contribution in [0.2, 0.25) is 0 Å². The summed E-state index contributed by atoms with van der Waals surface area (Å²) in [6.45, 7) is 1.87. The molecule has 0 unspecified atom stereocenters. The van der Waals surface area contributed by atoms with Crippen molar-refractivity contribution >= 4 is 5.97 Å². The molecule has 0 heterocycles. The number of halogens is 2. The molecule has 0 saturated heterocycles. The van der Waals surface area contributed by atoms with Crippen LogP contribution in [0.25, 0.3) is 0 Å². The van der Waals surface area contributed by atoms with Gasteiger partial charge in [0, 0.05) is 12.7 Å². The number of ether oxygens (including phenoxy) is 2. The molecule has 15 heavy (non-hydrogen) atoms. The molecule has 0 atom stereocenters. The van der Waals surface area contributed by atoms with Gasteiger partial charge in [0.1, 0.15) is 11.6 Å². The highest BCUT2D eigenvalue weighted by Crippen LogP contribution is 2.10. The Morgan fingerprint density at radius 2 is 2.13 bits per heavy atom. The number of benzene rings is 1. The molecule has 1 aromatic rings. The van der Waals surface area contributed by atoms with Crippen molar-refractivity contribution in [1.82, 2.24) is 0 Å². The van der Waals surface area contributed by atoms with Crippen LogP contribution in [0.1, 0.15) is 17.3 Å². The second kappa shape index (κ2) is 5.41. The average Bonchev–Trinajstić information content (AvgIpc) is 2.17. The first kappa shape index (κ1) is 11.6. The highest BCUT2D eigenvalue weighted by atomic mass is 19.1. The summed E-state index contributed by atoms with van der Waals surface area (Å²) in [5, 5.41) is 0. The van der Waals surface area contributed by atoms with E-state index in [1.54, 1.807) is 6.92 Å². The lowest BCUT2D eigenvalue weighted by Gasteiger charge is -2.04. The van der Waals surface area contributed by atoms with E-state index in [0.29, 0.717) is 12.7 Å². The van der Waals surface area contributed by atoms with Crippen LogP contribution < -0.4 is 0 Å². The van der Waals surface area contributed by atoms with Crippen LogP contribution in [0.3, 0.4) is 0 Å². The van der Waals surface area contributed by atoms with Crippen LogP contribution in [-0.4, -0.2) is 19.4 Å². The zero-order chi connectivity index (χ0) is 11.3. The second-order valence-electron chi connectivity index (χ2n) is 2.67. The van der Waals surface area contributed by atoms with Gasteiger partial charge < -0.3 is 9.47 Å². The predicted octanol–water partition coefficient (Wildman–Crippen LogP) is 2.12. The van der Waals surface area contributed by atoms with E-state index in [4.69, 9.17) is 4.74 Å². The maximum atomic E-state index is 13.0. The molecule has 0 spiro atoms. The molecule has 0 radical (unpaired) electrons. The fraction of sp³-hybridized carbons (Fsp3) is 0.300. The Bertz CT molecular complexity index is 353. The third kappa shape index (κ3) is 3.28. The van der Waals surface area contributed by atoms with Gasteiger partial charge in [-0.3, -0.25) is 0 Å². The van der Waals surface area contributed by atoms with Gasteiger partial charge in [-0.2, -0.15) is 0 Å². The van der Waals surface area contributed by atoms with Crippen molar-refractivity contribution in [2.24, 2.45) is 0 Å². The van der Waals surface area contributed by atoms with Gasteiger partial charge in [0.2, 0.25) is 0 Å². The molecule has 0 aliphatic carbocycles. The van der Waals surface area contributed by atoms with Crippen molar-refractivity contribution in [3.05, 3.63) is 35.4 Å². The normalized spacial score (nSPS) is 10.1. The lowest BCUT2D eigenvalue weighted by atomic mass is 10.2. The van der Waals surface area contributed by atoms with Crippen LogP contribution in [0.15, 0.2) is 18.2 Å². The maximum Gasteiger partial charge on any atom is 0.343 e. The molecule has 3 nitrogen and oxygen atoms in total. The number of carbonyl (C=O) groups is 1. The number of hydrogen-bond acceptors (Lipinski definition) is 3. The van der Waals surface area contributed by atoms with Gasteiger partial charge in [-0.15, -0.1) is 0 Å². The van der Waals surface area contributed by atoms with E-state index in [2.05, 4.69) is 4.74 Å². The lowest BCUT2D eigenvalue weighted by Crippen LogP contribution is -2.10. The molecule has 5 heteroatoms. The zero-order valence-corrected chi connectivity index (χ0v) is 8.13. The Morgan fingerprint density at radius 1 is 1.40 bits per heavy atom. The Kier molecular flexibility index (Phi) is 4.17. The number of carbonyl (C=O) groups excluding carboxylic acids is 1. The van der Waals surface area contributed by atoms with Gasteiger partial charge in [-0.05, 0) is 19.1 Å². The van der Waals surface area contributed by atoms with Gasteiger partial charge in [0.15, 0.2) is 6.79 Å². The smallest absolute Gasteiger partial charge is 0.343 e. The Morgan fingerprint density at radius 3 is 2.73 bits per heavy atom. The number of rotatable bonds is 4. The molecule has 0 bridgehead atoms. The van der Waals surface area contributed by atoms with E-state index in [9.17, 15) is 13.6 Å². The molecule has 0 aliphatic rings. The van der Waals surface area contributed by atoms with Gasteiger partial charge in [0.25, 0.3) is 0 Å². The summed E-state index contributed by atoms with van der Waals surface area (Å²) < 4.78 is 34.8. The quantitative estimate of drug-likeness (QED) is 0.439. The molecule has 0 saturated carbocycles. The minimum Gasteiger partial charge on any atom is -0.435 e. The summed E-state index contributed by atoms with van der Waals surface area (Å²) in [5.74, 6) is -2.56. The molecule has 0 fully saturated rings. The van der Waals surface area contributed by atoms with Crippen LogP contribution in [-0.2, 0) is 9.47 Å². The summed E-state index contributed by atoms with van der Waals surface area (Å²) in [6, 6.07) is 2.64. The van der Waals surface area contributed by atoms with Crippen molar-refractivity contribution in [3.8, 4) is 0 Å². The van der Waals surface area contributed by atoms with E-state index in [1.807, 2.05) is 0 Å². The summed E-state index contributed by atoms with van der Waals surface area (Å²) in [6.07, 6.45) is 0. The Balaban J connectivity index is 2.65. The van der Waals surface area contributed by atoms with Gasteiger partial charge in [-0.1, -0.05) is 0 Å². The van der Waals surface area contributed by atoms with Crippen molar-refractivity contribution in [2.45, 2.75) is 6.92 Å². The molecule has 1 aromatic carbocycles. The van der Waals surface area contributed by atoms with Crippen LogP contribution in [0.4, 0.5) is 8.78 Å². The van der Waals surface area contributed by atoms with Gasteiger partial charge in [0.05, 0.1) is 5.56 Å². The Hall–Kier alpha value is -1.49. The van der Waals surface area contributed by atoms with E-state index in [0.717, 1.165) is 12.1 Å². The van der Waals surface area contributed by atoms with E-state index >= 15 is 0 Å². The zero-order valence-electron chi connectivity index (χ0n) is 8.13. The van der Waals surface area contributed by atoms with Gasteiger partial charge in [-0.25, -0.2) is 13.6 Å². The van der Waals surface area contributed by atoms with Crippen LogP contribution in [0, 0.1) is 11.6 Å². The second-order valence-corrected chi connectivity index (χ2v) is 2.67. The third-order valence-electron chi connectivity index (χ3n) is 1.63. The number of esters is 1.